The molecule has 2 rings (SSSR count). The molecule has 1 amide bonds. The van der Waals surface area contributed by atoms with E-state index in [4.69, 9.17) is 4.74 Å². The summed E-state index contributed by atoms with van der Waals surface area (Å²) in [5.41, 5.74) is -0.227. The minimum Gasteiger partial charge on any atom is -0.452 e. The van der Waals surface area contributed by atoms with Crippen molar-refractivity contribution in [2.24, 2.45) is 5.92 Å². The first kappa shape index (κ1) is 22.1. The zero-order chi connectivity index (χ0) is 20.9. The van der Waals surface area contributed by atoms with Gasteiger partial charge in [-0.15, -0.1) is 0 Å². The second-order valence-corrected chi connectivity index (χ2v) is 9.18. The number of halogens is 2. The van der Waals surface area contributed by atoms with Crippen LogP contribution in [0.5, 0.6) is 5.75 Å². The normalized spacial score (nSPS) is 18.3. The Kier molecular flexibility index (Phi) is 7.34. The van der Waals surface area contributed by atoms with Gasteiger partial charge in [0, 0.05) is 12.6 Å². The van der Waals surface area contributed by atoms with Crippen LogP contribution in [0.25, 0.3) is 0 Å². The van der Waals surface area contributed by atoms with Crippen LogP contribution in [-0.2, 0) is 19.4 Å². The Labute approximate surface area is 162 Å². The lowest BCUT2D eigenvalue weighted by Gasteiger charge is -2.29. The molecule has 7 nitrogen and oxygen atoms in total. The Morgan fingerprint density at radius 1 is 1.25 bits per heavy atom. The molecule has 1 unspecified atom stereocenters. The molecule has 0 bridgehead atoms. The highest BCUT2D eigenvalue weighted by Crippen LogP contribution is 2.22. The maximum Gasteiger partial charge on any atom is 0.387 e. The van der Waals surface area contributed by atoms with Crippen LogP contribution in [0.2, 0.25) is 0 Å². The third-order valence-corrected chi connectivity index (χ3v) is 5.93. The van der Waals surface area contributed by atoms with Gasteiger partial charge in [-0.25, -0.2) is 13.2 Å². The average molecular weight is 419 g/mol. The molecule has 156 valence electrons. The Hall–Kier alpha value is -2.23. The van der Waals surface area contributed by atoms with Crippen molar-refractivity contribution in [2.75, 3.05) is 24.7 Å². The van der Waals surface area contributed by atoms with E-state index in [0.29, 0.717) is 13.0 Å². The smallest absolute Gasteiger partial charge is 0.387 e. The lowest BCUT2D eigenvalue weighted by molar-refractivity contribution is -0.137. The second kappa shape index (κ2) is 9.31. The summed E-state index contributed by atoms with van der Waals surface area (Å²) in [5, 5.41) is 0. The Morgan fingerprint density at radius 3 is 2.50 bits per heavy atom. The molecule has 0 aromatic heterocycles. The van der Waals surface area contributed by atoms with Crippen LogP contribution in [0.1, 0.15) is 30.6 Å². The molecule has 10 heteroatoms. The summed E-state index contributed by atoms with van der Waals surface area (Å²) in [5.74, 6) is -1.88. The maximum absolute atomic E-state index is 12.6. The van der Waals surface area contributed by atoms with Crippen LogP contribution in [-0.4, -0.2) is 62.5 Å². The van der Waals surface area contributed by atoms with Crippen LogP contribution in [0.15, 0.2) is 24.3 Å². The van der Waals surface area contributed by atoms with Gasteiger partial charge < -0.3 is 14.4 Å². The first-order valence-corrected chi connectivity index (χ1v) is 10.6. The standard InChI is InChI=1S/C18H23F2NO6S/c1-12(2)9-21(13-7-8-28(24,25)11-13)16(22)10-26-17(23)14-5-3-4-6-15(14)27-18(19)20/h3-6,12-13,18H,7-11H2,1-2H3. The fourth-order valence-electron chi connectivity index (χ4n) is 2.99. The number of carbonyl (C=O) groups excluding carboxylic acids is 2. The molecule has 1 atom stereocenters. The number of nitrogens with zero attached hydrogens (tertiary/aromatic N) is 1. The molecule has 0 aliphatic carbocycles. The SMILES string of the molecule is CC(C)CN(C(=O)COC(=O)c1ccccc1OC(F)F)C1CCS(=O)(=O)C1. The molecule has 1 aromatic rings. The summed E-state index contributed by atoms with van der Waals surface area (Å²) in [6.07, 6.45) is 0.333. The third-order valence-electron chi connectivity index (χ3n) is 4.18. The van der Waals surface area contributed by atoms with Gasteiger partial charge in [0.1, 0.15) is 11.3 Å². The average Bonchev–Trinajstić information content (AvgIpc) is 2.96. The zero-order valence-corrected chi connectivity index (χ0v) is 16.5. The maximum atomic E-state index is 12.6. The lowest BCUT2D eigenvalue weighted by atomic mass is 10.1. The zero-order valence-electron chi connectivity index (χ0n) is 15.6. The highest BCUT2D eigenvalue weighted by molar-refractivity contribution is 7.91. The van der Waals surface area contributed by atoms with E-state index >= 15 is 0 Å². The Bertz CT molecular complexity index is 812. The van der Waals surface area contributed by atoms with Crippen molar-refractivity contribution in [3.63, 3.8) is 0 Å². The van der Waals surface area contributed by atoms with E-state index in [9.17, 15) is 26.8 Å². The van der Waals surface area contributed by atoms with Crippen molar-refractivity contribution in [1.29, 1.82) is 0 Å². The molecular formula is C18H23F2NO6S. The Morgan fingerprint density at radius 2 is 1.93 bits per heavy atom. The number of para-hydroxylation sites is 1. The van der Waals surface area contributed by atoms with Gasteiger partial charge in [0.15, 0.2) is 16.4 Å². The van der Waals surface area contributed by atoms with Crippen molar-refractivity contribution >= 4 is 21.7 Å². The molecule has 28 heavy (non-hydrogen) atoms. The summed E-state index contributed by atoms with van der Waals surface area (Å²) in [7, 11) is -3.19. The summed E-state index contributed by atoms with van der Waals surface area (Å²) in [4.78, 5) is 26.2. The summed E-state index contributed by atoms with van der Waals surface area (Å²) in [6.45, 7) is 0.357. The first-order valence-electron chi connectivity index (χ1n) is 8.80. The predicted octanol–water partition coefficient (Wildman–Crippen LogP) is 2.12. The van der Waals surface area contributed by atoms with Crippen LogP contribution in [0, 0.1) is 5.92 Å². The van der Waals surface area contributed by atoms with Crippen LogP contribution >= 0.6 is 0 Å². The molecule has 1 fully saturated rings. The highest BCUT2D eigenvalue weighted by Gasteiger charge is 2.35. The van der Waals surface area contributed by atoms with Gasteiger partial charge in [0.25, 0.3) is 5.91 Å². The van der Waals surface area contributed by atoms with E-state index in [1.54, 1.807) is 0 Å². The van der Waals surface area contributed by atoms with Gasteiger partial charge >= 0.3 is 12.6 Å². The molecule has 1 aliphatic heterocycles. The first-order chi connectivity index (χ1) is 13.1. The number of alkyl halides is 2. The van der Waals surface area contributed by atoms with Crippen molar-refractivity contribution in [2.45, 2.75) is 32.9 Å². The topological polar surface area (TPSA) is 90.0 Å². The molecule has 0 N–H and O–H groups in total. The van der Waals surface area contributed by atoms with Gasteiger partial charge in [-0.2, -0.15) is 8.78 Å². The molecule has 1 aliphatic rings. The molecule has 1 heterocycles. The van der Waals surface area contributed by atoms with E-state index in [1.807, 2.05) is 13.8 Å². The monoisotopic (exact) mass is 419 g/mol. The number of benzene rings is 1. The summed E-state index contributed by atoms with van der Waals surface area (Å²) < 4.78 is 57.6. The van der Waals surface area contributed by atoms with E-state index in [1.165, 1.54) is 29.2 Å². The minimum absolute atomic E-state index is 0.0116. The van der Waals surface area contributed by atoms with Crippen molar-refractivity contribution in [3.8, 4) is 5.75 Å². The second-order valence-electron chi connectivity index (χ2n) is 6.95. The van der Waals surface area contributed by atoms with E-state index in [2.05, 4.69) is 4.74 Å². The number of hydrogen-bond donors (Lipinski definition) is 0. The quantitative estimate of drug-likeness (QED) is 0.600. The summed E-state index contributed by atoms with van der Waals surface area (Å²) in [6, 6.07) is 4.85. The number of ether oxygens (including phenoxy) is 2. The molecule has 0 saturated carbocycles. The molecule has 0 radical (unpaired) electrons. The third kappa shape index (κ3) is 6.15. The predicted molar refractivity (Wildman–Crippen MR) is 97.0 cm³/mol. The van der Waals surface area contributed by atoms with Crippen molar-refractivity contribution in [1.82, 2.24) is 4.90 Å². The van der Waals surface area contributed by atoms with E-state index in [-0.39, 0.29) is 28.7 Å². The number of esters is 1. The molecule has 1 aromatic carbocycles. The van der Waals surface area contributed by atoms with Crippen LogP contribution in [0.3, 0.4) is 0 Å². The molecular weight excluding hydrogens is 396 g/mol. The summed E-state index contributed by atoms with van der Waals surface area (Å²) >= 11 is 0. The van der Waals surface area contributed by atoms with E-state index < -0.39 is 41.0 Å². The van der Waals surface area contributed by atoms with Gasteiger partial charge in [0.05, 0.1) is 11.5 Å². The number of rotatable bonds is 8. The largest absolute Gasteiger partial charge is 0.452 e. The Balaban J connectivity index is 2.05. The van der Waals surface area contributed by atoms with Gasteiger partial charge in [-0.3, -0.25) is 4.79 Å². The fraction of sp³-hybridized carbons (Fsp3) is 0.556. The van der Waals surface area contributed by atoms with Crippen LogP contribution < -0.4 is 4.74 Å². The fourth-order valence-corrected chi connectivity index (χ4v) is 4.72. The highest BCUT2D eigenvalue weighted by atomic mass is 32.2. The van der Waals surface area contributed by atoms with Crippen LogP contribution in [0.4, 0.5) is 8.78 Å². The molecule has 0 spiro atoms. The van der Waals surface area contributed by atoms with Gasteiger partial charge in [0.2, 0.25) is 0 Å². The van der Waals surface area contributed by atoms with Gasteiger partial charge in [-0.05, 0) is 24.5 Å². The number of sulfone groups is 1. The minimum atomic E-state index is -3.19. The lowest BCUT2D eigenvalue weighted by Crippen LogP contribution is -2.45. The van der Waals surface area contributed by atoms with Crippen molar-refractivity contribution < 1.29 is 36.3 Å². The van der Waals surface area contributed by atoms with Gasteiger partial charge in [-0.1, -0.05) is 26.0 Å². The molecule has 1 saturated heterocycles. The van der Waals surface area contributed by atoms with E-state index in [0.717, 1.165) is 0 Å². The number of hydrogen-bond acceptors (Lipinski definition) is 6. The number of carbonyl (C=O) groups is 2. The number of amides is 1. The van der Waals surface area contributed by atoms with Crippen molar-refractivity contribution in [3.05, 3.63) is 29.8 Å².